The summed E-state index contributed by atoms with van der Waals surface area (Å²) in [5, 5.41) is 20.2. The summed E-state index contributed by atoms with van der Waals surface area (Å²) in [6.07, 6.45) is 0.498. The smallest absolute Gasteiger partial charge is 0.303 e. The van der Waals surface area contributed by atoms with E-state index >= 15 is 0 Å². The van der Waals surface area contributed by atoms with Crippen molar-refractivity contribution in [1.29, 1.82) is 0 Å². The Bertz CT molecular complexity index is 386. The number of carboxylic acids is 1. The molecule has 0 bridgehead atoms. The number of hydrogen-bond acceptors (Lipinski definition) is 5. The van der Waals surface area contributed by atoms with Crippen LogP contribution in [-0.4, -0.2) is 27.0 Å². The predicted octanol–water partition coefficient (Wildman–Crippen LogP) is 1.44. The minimum absolute atomic E-state index is 0.0800. The van der Waals surface area contributed by atoms with E-state index in [1.807, 2.05) is 13.0 Å². The number of hydrogen-bond donors (Lipinski definition) is 2. The number of carboxylic acid groups (broad SMARTS) is 1. The van der Waals surface area contributed by atoms with E-state index < -0.39 is 5.97 Å². The summed E-state index contributed by atoms with van der Waals surface area (Å²) in [6.45, 7) is 3.61. The van der Waals surface area contributed by atoms with Crippen LogP contribution in [0.1, 0.15) is 25.5 Å². The van der Waals surface area contributed by atoms with Gasteiger partial charge in [0, 0.05) is 5.71 Å². The van der Waals surface area contributed by atoms with Crippen LogP contribution in [0.3, 0.4) is 0 Å². The fourth-order valence-electron chi connectivity index (χ4n) is 0.955. The first-order valence-electron chi connectivity index (χ1n) is 4.89. The summed E-state index contributed by atoms with van der Waals surface area (Å²) >= 11 is 0. The van der Waals surface area contributed by atoms with Gasteiger partial charge in [-0.3, -0.25) is 10.2 Å². The van der Waals surface area contributed by atoms with Gasteiger partial charge in [0.15, 0.2) is 5.82 Å². The Hall–Kier alpha value is -1.98. The zero-order valence-corrected chi connectivity index (χ0v) is 9.27. The predicted molar refractivity (Wildman–Crippen MR) is 60.4 cm³/mol. The summed E-state index contributed by atoms with van der Waals surface area (Å²) in [5.74, 6) is -0.287. The van der Waals surface area contributed by atoms with Crippen molar-refractivity contribution in [1.82, 2.24) is 10.2 Å². The third kappa shape index (κ3) is 4.50. The zero-order valence-electron chi connectivity index (χ0n) is 9.27. The van der Waals surface area contributed by atoms with E-state index in [0.717, 1.165) is 5.69 Å². The summed E-state index contributed by atoms with van der Waals surface area (Å²) in [5.41, 5.74) is 4.26. The number of nitrogens with zero attached hydrogens (tertiary/aromatic N) is 3. The number of anilines is 1. The van der Waals surface area contributed by atoms with Gasteiger partial charge in [-0.2, -0.15) is 10.2 Å². The largest absolute Gasteiger partial charge is 0.481 e. The van der Waals surface area contributed by atoms with E-state index in [-0.39, 0.29) is 6.42 Å². The van der Waals surface area contributed by atoms with Crippen LogP contribution in [-0.2, 0) is 4.79 Å². The molecule has 0 aliphatic rings. The maximum atomic E-state index is 10.3. The van der Waals surface area contributed by atoms with Crippen LogP contribution in [0.4, 0.5) is 5.82 Å². The van der Waals surface area contributed by atoms with Crippen molar-refractivity contribution >= 4 is 17.5 Å². The Morgan fingerprint density at radius 3 is 2.75 bits per heavy atom. The van der Waals surface area contributed by atoms with Crippen molar-refractivity contribution in [2.45, 2.75) is 26.7 Å². The highest BCUT2D eigenvalue weighted by Gasteiger charge is 1.99. The molecule has 86 valence electrons. The van der Waals surface area contributed by atoms with Gasteiger partial charge in [0.25, 0.3) is 0 Å². The molecule has 1 aromatic heterocycles. The molecule has 0 saturated carbocycles. The van der Waals surface area contributed by atoms with Crippen molar-refractivity contribution in [3.05, 3.63) is 17.8 Å². The highest BCUT2D eigenvalue weighted by atomic mass is 16.4. The van der Waals surface area contributed by atoms with Crippen LogP contribution < -0.4 is 5.43 Å². The lowest BCUT2D eigenvalue weighted by molar-refractivity contribution is -0.136. The van der Waals surface area contributed by atoms with Gasteiger partial charge in [-0.05, 0) is 32.4 Å². The van der Waals surface area contributed by atoms with Gasteiger partial charge < -0.3 is 5.11 Å². The number of aryl methyl sites for hydroxylation is 1. The molecular weight excluding hydrogens is 208 g/mol. The minimum Gasteiger partial charge on any atom is -0.481 e. The van der Waals surface area contributed by atoms with Crippen molar-refractivity contribution < 1.29 is 9.90 Å². The number of carbonyl (C=O) groups is 1. The molecule has 0 fully saturated rings. The minimum atomic E-state index is -0.829. The molecule has 6 heteroatoms. The van der Waals surface area contributed by atoms with Crippen LogP contribution in [0.2, 0.25) is 0 Å². The first kappa shape index (κ1) is 12.1. The first-order chi connectivity index (χ1) is 7.58. The van der Waals surface area contributed by atoms with Gasteiger partial charge in [0.1, 0.15) is 0 Å². The van der Waals surface area contributed by atoms with Crippen molar-refractivity contribution in [3.63, 3.8) is 0 Å². The van der Waals surface area contributed by atoms with Crippen LogP contribution in [0.5, 0.6) is 0 Å². The molecule has 1 rings (SSSR count). The summed E-state index contributed by atoms with van der Waals surface area (Å²) in [7, 11) is 0. The average Bonchev–Trinajstić information content (AvgIpc) is 2.25. The van der Waals surface area contributed by atoms with Gasteiger partial charge in [-0.1, -0.05) is 0 Å². The van der Waals surface area contributed by atoms with E-state index in [1.54, 1.807) is 13.0 Å². The summed E-state index contributed by atoms with van der Waals surface area (Å²) in [4.78, 5) is 10.3. The fraction of sp³-hybridized carbons (Fsp3) is 0.400. The molecule has 1 aromatic rings. The number of nitrogens with one attached hydrogen (secondary N) is 1. The number of aromatic nitrogens is 2. The highest BCUT2D eigenvalue weighted by Crippen LogP contribution is 2.01. The van der Waals surface area contributed by atoms with Gasteiger partial charge in [0.2, 0.25) is 0 Å². The molecule has 0 unspecified atom stereocenters. The third-order valence-corrected chi connectivity index (χ3v) is 1.86. The van der Waals surface area contributed by atoms with Crippen molar-refractivity contribution in [2.24, 2.45) is 5.10 Å². The highest BCUT2D eigenvalue weighted by molar-refractivity contribution is 5.85. The maximum Gasteiger partial charge on any atom is 0.303 e. The van der Waals surface area contributed by atoms with E-state index in [0.29, 0.717) is 18.0 Å². The Kier molecular flexibility index (Phi) is 4.38. The molecule has 0 aliphatic heterocycles. The number of hydrazone groups is 1. The molecule has 0 amide bonds. The van der Waals surface area contributed by atoms with Gasteiger partial charge in [0.05, 0.1) is 12.1 Å². The van der Waals surface area contributed by atoms with E-state index in [4.69, 9.17) is 5.11 Å². The van der Waals surface area contributed by atoms with E-state index in [1.165, 1.54) is 0 Å². The van der Waals surface area contributed by atoms with Crippen molar-refractivity contribution in [2.75, 3.05) is 5.43 Å². The fourth-order valence-corrected chi connectivity index (χ4v) is 0.955. The molecule has 2 N–H and O–H groups in total. The Labute approximate surface area is 93.4 Å². The first-order valence-corrected chi connectivity index (χ1v) is 4.89. The second kappa shape index (κ2) is 5.79. The zero-order chi connectivity index (χ0) is 12.0. The Balaban J connectivity index is 2.45. The molecular formula is C10H14N4O2. The third-order valence-electron chi connectivity index (χ3n) is 1.86. The topological polar surface area (TPSA) is 87.5 Å². The molecule has 6 nitrogen and oxygen atoms in total. The lowest BCUT2D eigenvalue weighted by Gasteiger charge is -2.00. The van der Waals surface area contributed by atoms with E-state index in [9.17, 15) is 4.79 Å². The second-order valence-corrected chi connectivity index (χ2v) is 3.41. The lowest BCUT2D eigenvalue weighted by atomic mass is 10.2. The summed E-state index contributed by atoms with van der Waals surface area (Å²) in [6, 6.07) is 3.58. The maximum absolute atomic E-state index is 10.3. The molecule has 0 spiro atoms. The molecule has 16 heavy (non-hydrogen) atoms. The van der Waals surface area contributed by atoms with Crippen LogP contribution in [0.15, 0.2) is 17.2 Å². The average molecular weight is 222 g/mol. The molecule has 1 heterocycles. The standard InChI is InChI=1S/C10H14N4O2/c1-7-3-5-9(13-11-7)14-12-8(2)4-6-10(15)16/h3,5H,4,6H2,1-2H3,(H,13,14)(H,15,16)/b12-8-. The van der Waals surface area contributed by atoms with Gasteiger partial charge >= 0.3 is 5.97 Å². The Morgan fingerprint density at radius 1 is 1.44 bits per heavy atom. The van der Waals surface area contributed by atoms with Gasteiger partial charge in [-0.25, -0.2) is 0 Å². The second-order valence-electron chi connectivity index (χ2n) is 3.41. The van der Waals surface area contributed by atoms with Crippen LogP contribution in [0.25, 0.3) is 0 Å². The van der Waals surface area contributed by atoms with Crippen LogP contribution >= 0.6 is 0 Å². The lowest BCUT2D eigenvalue weighted by Crippen LogP contribution is -2.03. The quantitative estimate of drug-likeness (QED) is 0.581. The van der Waals surface area contributed by atoms with E-state index in [2.05, 4.69) is 20.7 Å². The Morgan fingerprint density at radius 2 is 2.19 bits per heavy atom. The normalized spacial score (nSPS) is 11.2. The van der Waals surface area contributed by atoms with Crippen molar-refractivity contribution in [3.8, 4) is 0 Å². The molecule has 0 radical (unpaired) electrons. The molecule has 0 aromatic carbocycles. The number of rotatable bonds is 5. The van der Waals surface area contributed by atoms with Crippen LogP contribution in [0, 0.1) is 6.92 Å². The molecule has 0 aliphatic carbocycles. The monoisotopic (exact) mass is 222 g/mol. The SMILES string of the molecule is C/C(CCC(=O)O)=N/Nc1ccc(C)nn1. The van der Waals surface area contributed by atoms with Gasteiger partial charge in [-0.15, -0.1) is 5.10 Å². The molecule has 0 atom stereocenters. The summed E-state index contributed by atoms with van der Waals surface area (Å²) < 4.78 is 0. The number of aliphatic carboxylic acids is 1. The molecule has 0 saturated heterocycles.